The van der Waals surface area contributed by atoms with Gasteiger partial charge in [0, 0.05) is 16.3 Å². The van der Waals surface area contributed by atoms with E-state index in [0.29, 0.717) is 15.7 Å². The van der Waals surface area contributed by atoms with Crippen molar-refractivity contribution >= 4 is 35.2 Å². The number of benzene rings is 1. The van der Waals surface area contributed by atoms with Crippen LogP contribution in [-0.4, -0.2) is 35.2 Å². The lowest BCUT2D eigenvalue weighted by Gasteiger charge is -2.15. The van der Waals surface area contributed by atoms with Crippen molar-refractivity contribution in [2.75, 3.05) is 5.75 Å². The first-order valence-corrected chi connectivity index (χ1v) is 7.45. The molecule has 1 amide bonds. The Balaban J connectivity index is 2.94. The number of carbonyl (C=O) groups excluding carboxylic acids is 1. The first kappa shape index (κ1) is 17.7. The maximum absolute atomic E-state index is 12.3. The fourth-order valence-corrected chi connectivity index (χ4v) is 2.67. The van der Waals surface area contributed by atoms with E-state index < -0.39 is 30.8 Å². The van der Waals surface area contributed by atoms with Crippen LogP contribution in [0.15, 0.2) is 23.1 Å². The summed E-state index contributed by atoms with van der Waals surface area (Å²) in [6.07, 6.45) is -3.76. The molecule has 0 aromatic heterocycles. The van der Waals surface area contributed by atoms with Crippen LogP contribution in [0.3, 0.4) is 0 Å². The van der Waals surface area contributed by atoms with Gasteiger partial charge < -0.3 is 10.4 Å². The first-order chi connectivity index (χ1) is 9.85. The van der Waals surface area contributed by atoms with Gasteiger partial charge in [-0.3, -0.25) is 4.79 Å². The van der Waals surface area contributed by atoms with Crippen molar-refractivity contribution < 1.29 is 23.5 Å². The van der Waals surface area contributed by atoms with E-state index in [4.69, 9.17) is 16.7 Å². The average Bonchev–Trinajstić information content (AvgIpc) is 2.37. The summed E-state index contributed by atoms with van der Waals surface area (Å²) in [4.78, 5) is 23.5. The Morgan fingerprint density at radius 3 is 2.62 bits per heavy atom. The lowest BCUT2D eigenvalue weighted by Crippen LogP contribution is -2.42. The smallest absolute Gasteiger partial charge is 0.326 e. The van der Waals surface area contributed by atoms with Crippen molar-refractivity contribution in [2.24, 2.45) is 0 Å². The molecular weight excluding hydrogens is 324 g/mol. The molecule has 0 aliphatic rings. The highest BCUT2D eigenvalue weighted by molar-refractivity contribution is 7.99. The summed E-state index contributed by atoms with van der Waals surface area (Å²) in [6.45, 7) is 1.88. The predicted octanol–water partition coefficient (Wildman–Crippen LogP) is 3.29. The van der Waals surface area contributed by atoms with Crippen LogP contribution in [0.25, 0.3) is 0 Å². The minimum atomic E-state index is -2.82. The van der Waals surface area contributed by atoms with Gasteiger partial charge >= 0.3 is 5.97 Å². The molecule has 2 N–H and O–H groups in total. The minimum absolute atomic E-state index is 0.215. The van der Waals surface area contributed by atoms with Gasteiger partial charge in [0.2, 0.25) is 6.43 Å². The molecule has 8 heteroatoms. The van der Waals surface area contributed by atoms with Gasteiger partial charge in [0.15, 0.2) is 0 Å². The number of carboxylic acids is 1. The van der Waals surface area contributed by atoms with Crippen LogP contribution < -0.4 is 5.32 Å². The molecular formula is C13H14ClF2NO3S. The number of aliphatic carboxylic acids is 1. The number of alkyl halides is 2. The van der Waals surface area contributed by atoms with E-state index in [9.17, 15) is 18.4 Å². The molecule has 1 rings (SSSR count). The molecule has 1 aromatic carbocycles. The lowest BCUT2D eigenvalue weighted by atomic mass is 10.1. The van der Waals surface area contributed by atoms with Gasteiger partial charge in [0.25, 0.3) is 5.91 Å². The highest BCUT2D eigenvalue weighted by Crippen LogP contribution is 2.26. The Hall–Kier alpha value is -1.34. The molecule has 0 aliphatic carbocycles. The van der Waals surface area contributed by atoms with Crippen LogP contribution >= 0.6 is 23.4 Å². The number of carbonyl (C=O) groups is 2. The predicted molar refractivity (Wildman–Crippen MR) is 77.4 cm³/mol. The molecule has 4 nitrogen and oxygen atoms in total. The van der Waals surface area contributed by atoms with Crippen LogP contribution in [0.2, 0.25) is 5.02 Å². The van der Waals surface area contributed by atoms with Gasteiger partial charge in [-0.2, -0.15) is 0 Å². The summed E-state index contributed by atoms with van der Waals surface area (Å²) >= 11 is 7.20. The standard InChI is InChI=1S/C13H14ClF2NO3S/c1-2-21-10-5-7(14)3-4-8(10)12(18)17-9(13(19)20)6-11(15)16/h3-5,9,11H,2,6H2,1H3,(H,17,18)(H,19,20). The van der Waals surface area contributed by atoms with E-state index in [1.165, 1.54) is 23.9 Å². The van der Waals surface area contributed by atoms with Gasteiger partial charge in [-0.15, -0.1) is 11.8 Å². The molecule has 0 saturated carbocycles. The zero-order valence-electron chi connectivity index (χ0n) is 11.1. The molecule has 0 fully saturated rings. The summed E-state index contributed by atoms with van der Waals surface area (Å²) in [5, 5.41) is 11.4. The summed E-state index contributed by atoms with van der Waals surface area (Å²) in [7, 11) is 0. The number of carboxylic acid groups (broad SMARTS) is 1. The van der Waals surface area contributed by atoms with Crippen molar-refractivity contribution in [1.82, 2.24) is 5.32 Å². The molecule has 1 atom stereocenters. The van der Waals surface area contributed by atoms with E-state index >= 15 is 0 Å². The maximum Gasteiger partial charge on any atom is 0.326 e. The largest absolute Gasteiger partial charge is 0.480 e. The Morgan fingerprint density at radius 1 is 1.43 bits per heavy atom. The SMILES string of the molecule is CCSc1cc(Cl)ccc1C(=O)NC(CC(F)F)C(=O)O. The van der Waals surface area contributed by atoms with E-state index in [2.05, 4.69) is 5.32 Å². The van der Waals surface area contributed by atoms with E-state index in [0.717, 1.165) is 0 Å². The third-order valence-electron chi connectivity index (χ3n) is 2.51. The molecule has 0 spiro atoms. The Bertz CT molecular complexity index is 528. The number of halogens is 3. The third kappa shape index (κ3) is 5.51. The van der Waals surface area contributed by atoms with Crippen LogP contribution in [0.1, 0.15) is 23.7 Å². The summed E-state index contributed by atoms with van der Waals surface area (Å²) in [6, 6.07) is 2.87. The molecule has 1 unspecified atom stereocenters. The normalized spacial score (nSPS) is 12.2. The molecule has 1 aromatic rings. The first-order valence-electron chi connectivity index (χ1n) is 6.09. The van der Waals surface area contributed by atoms with Crippen molar-refractivity contribution in [3.63, 3.8) is 0 Å². The van der Waals surface area contributed by atoms with Crippen LogP contribution in [0.5, 0.6) is 0 Å². The van der Waals surface area contributed by atoms with E-state index in [-0.39, 0.29) is 5.56 Å². The van der Waals surface area contributed by atoms with Crippen molar-refractivity contribution in [2.45, 2.75) is 30.7 Å². The summed E-state index contributed by atoms with van der Waals surface area (Å²) < 4.78 is 24.6. The second-order valence-corrected chi connectivity index (χ2v) is 5.81. The molecule has 0 aliphatic heterocycles. The van der Waals surface area contributed by atoms with E-state index in [1.807, 2.05) is 6.92 Å². The Morgan fingerprint density at radius 2 is 2.10 bits per heavy atom. The highest BCUT2D eigenvalue weighted by Gasteiger charge is 2.25. The molecule has 116 valence electrons. The zero-order chi connectivity index (χ0) is 16.0. The lowest BCUT2D eigenvalue weighted by molar-refractivity contribution is -0.140. The summed E-state index contributed by atoms with van der Waals surface area (Å²) in [5.74, 6) is -1.53. The van der Waals surface area contributed by atoms with Gasteiger partial charge in [0.05, 0.1) is 5.56 Å². The zero-order valence-corrected chi connectivity index (χ0v) is 12.7. The number of amides is 1. The molecule has 0 bridgehead atoms. The Labute approximate surface area is 129 Å². The van der Waals surface area contributed by atoms with Crippen LogP contribution in [-0.2, 0) is 4.79 Å². The quantitative estimate of drug-likeness (QED) is 0.749. The van der Waals surface area contributed by atoms with Crippen molar-refractivity contribution in [3.8, 4) is 0 Å². The highest BCUT2D eigenvalue weighted by atomic mass is 35.5. The number of rotatable bonds is 7. The van der Waals surface area contributed by atoms with Gasteiger partial charge in [-0.25, -0.2) is 13.6 Å². The molecule has 0 heterocycles. The molecule has 0 radical (unpaired) electrons. The van der Waals surface area contributed by atoms with Gasteiger partial charge in [0.1, 0.15) is 6.04 Å². The van der Waals surface area contributed by atoms with Crippen molar-refractivity contribution in [3.05, 3.63) is 28.8 Å². The number of hydrogen-bond donors (Lipinski definition) is 2. The number of nitrogens with one attached hydrogen (secondary N) is 1. The third-order valence-corrected chi connectivity index (χ3v) is 3.68. The topological polar surface area (TPSA) is 66.4 Å². The fraction of sp³-hybridized carbons (Fsp3) is 0.385. The fourth-order valence-electron chi connectivity index (χ4n) is 1.59. The van der Waals surface area contributed by atoms with Crippen LogP contribution in [0, 0.1) is 0 Å². The monoisotopic (exact) mass is 337 g/mol. The molecule has 0 saturated heterocycles. The van der Waals surface area contributed by atoms with Gasteiger partial charge in [-0.05, 0) is 24.0 Å². The van der Waals surface area contributed by atoms with Crippen LogP contribution in [0.4, 0.5) is 8.78 Å². The second kappa shape index (κ2) is 8.19. The molecule has 21 heavy (non-hydrogen) atoms. The maximum atomic E-state index is 12.3. The average molecular weight is 338 g/mol. The summed E-state index contributed by atoms with van der Waals surface area (Å²) in [5.41, 5.74) is 0.215. The minimum Gasteiger partial charge on any atom is -0.480 e. The van der Waals surface area contributed by atoms with Gasteiger partial charge in [-0.1, -0.05) is 18.5 Å². The second-order valence-electron chi connectivity index (χ2n) is 4.06. The van der Waals surface area contributed by atoms with E-state index in [1.54, 1.807) is 6.07 Å². The number of hydrogen-bond acceptors (Lipinski definition) is 3. The van der Waals surface area contributed by atoms with Crippen molar-refractivity contribution in [1.29, 1.82) is 0 Å². The Kier molecular flexibility index (Phi) is 6.91. The number of thioether (sulfide) groups is 1.